The lowest BCUT2D eigenvalue weighted by atomic mass is 10.5. The Balaban J connectivity index is -0.000000180. The first-order valence-corrected chi connectivity index (χ1v) is 2.68. The Hall–Kier alpha value is -0.160. The molecule has 9 heavy (non-hydrogen) atoms. The maximum absolute atomic E-state index is 3.13. The molecule has 0 aliphatic heterocycles. The van der Waals surface area contributed by atoms with Gasteiger partial charge in [0.05, 0.1) is 0 Å². The van der Waals surface area contributed by atoms with Crippen LogP contribution in [0.2, 0.25) is 0 Å². The summed E-state index contributed by atoms with van der Waals surface area (Å²) in [6, 6.07) is 0. The van der Waals surface area contributed by atoms with Crippen LogP contribution in [0.15, 0.2) is 0 Å². The van der Waals surface area contributed by atoms with Gasteiger partial charge in [-0.25, -0.2) is 0 Å². The van der Waals surface area contributed by atoms with Gasteiger partial charge >= 0.3 is 0 Å². The number of nitrogens with zero attached hydrogens (tertiary/aromatic N) is 1. The first kappa shape index (κ1) is 15.9. The highest BCUT2D eigenvalue weighted by Crippen LogP contribution is 1.68. The van der Waals surface area contributed by atoms with Gasteiger partial charge in [-0.1, -0.05) is 6.92 Å². The molecule has 0 aliphatic rings. The summed E-state index contributed by atoms with van der Waals surface area (Å²) >= 11 is 0. The van der Waals surface area contributed by atoms with Gasteiger partial charge in [0.25, 0.3) is 0 Å². The summed E-state index contributed by atoms with van der Waals surface area (Å²) in [5, 5.41) is 1.96. The van der Waals surface area contributed by atoms with Gasteiger partial charge in [-0.2, -0.15) is 0 Å². The van der Waals surface area contributed by atoms with Crippen LogP contribution in [0.1, 0.15) is 13.3 Å². The fraction of sp³-hybridized carbons (Fsp3) is 1.00. The minimum absolute atomic E-state index is 0. The number of rotatable bonds is 3. The van der Waals surface area contributed by atoms with Crippen molar-refractivity contribution in [1.29, 1.82) is 0 Å². The molecule has 4 heteroatoms. The molecule has 0 bridgehead atoms. The average molecular weight is 136 g/mol. The molecule has 0 atom stereocenters. The van der Waals surface area contributed by atoms with Crippen LogP contribution in [0.25, 0.3) is 0 Å². The van der Waals surface area contributed by atoms with Crippen molar-refractivity contribution in [1.82, 2.24) is 22.7 Å². The predicted molar refractivity (Wildman–Crippen MR) is 42.0 cm³/mol. The van der Waals surface area contributed by atoms with Crippen molar-refractivity contribution >= 4 is 0 Å². The molecule has 0 unspecified atom stereocenters. The molecule has 7 N–H and O–H groups in total. The number of hydrazine groups is 1. The summed E-state index contributed by atoms with van der Waals surface area (Å²) in [5.74, 6) is 0. The lowest BCUT2D eigenvalue weighted by Gasteiger charge is -2.08. The maximum Gasteiger partial charge on any atom is 0.00993 e. The lowest BCUT2D eigenvalue weighted by Crippen LogP contribution is -2.30. The van der Waals surface area contributed by atoms with E-state index in [0.717, 1.165) is 6.54 Å². The Labute approximate surface area is 57.8 Å². The van der Waals surface area contributed by atoms with Gasteiger partial charge in [0.2, 0.25) is 0 Å². The summed E-state index contributed by atoms with van der Waals surface area (Å²) in [5.41, 5.74) is 3.13. The highest BCUT2D eigenvalue weighted by molar-refractivity contribution is 4.32. The summed E-state index contributed by atoms with van der Waals surface area (Å²) in [4.78, 5) is 0. The molecule has 60 valence electrons. The minimum Gasteiger partial charge on any atom is -0.344 e. The molecule has 0 saturated carbocycles. The molecule has 0 aliphatic carbocycles. The molecule has 0 rings (SSSR count). The minimum atomic E-state index is 0. The summed E-state index contributed by atoms with van der Waals surface area (Å²) in [6.07, 6.45) is 1.19. The molecule has 0 saturated heterocycles. The fourth-order valence-electron chi connectivity index (χ4n) is 0.335. The van der Waals surface area contributed by atoms with Crippen LogP contribution in [-0.2, 0) is 0 Å². The molecule has 0 spiro atoms. The predicted octanol–water partition coefficient (Wildman–Crippen LogP) is 0.787. The van der Waals surface area contributed by atoms with Crippen molar-refractivity contribution in [3.05, 3.63) is 0 Å². The number of nitrogens with one attached hydrogen (secondary N) is 1. The van der Waals surface area contributed by atoms with Gasteiger partial charge in [0.1, 0.15) is 0 Å². The van der Waals surface area contributed by atoms with Crippen LogP contribution in [0.3, 0.4) is 0 Å². The number of hydrogen-bond donors (Lipinski definition) is 3. The second-order valence-electron chi connectivity index (χ2n) is 1.80. The zero-order valence-electron chi connectivity index (χ0n) is 6.78. The quantitative estimate of drug-likeness (QED) is 0.501. The molecule has 0 fully saturated rings. The Bertz CT molecular complexity index is 37.9. The fourth-order valence-corrected chi connectivity index (χ4v) is 0.335. The van der Waals surface area contributed by atoms with Crippen molar-refractivity contribution in [3.8, 4) is 0 Å². The van der Waals surface area contributed by atoms with E-state index in [0.29, 0.717) is 0 Å². The molecular weight excluding hydrogens is 116 g/mol. The molecule has 0 heterocycles. The highest BCUT2D eigenvalue weighted by atomic mass is 15.5. The third kappa shape index (κ3) is 18.1. The van der Waals surface area contributed by atoms with E-state index >= 15 is 0 Å². The molecule has 0 radical (unpaired) electrons. The van der Waals surface area contributed by atoms with E-state index in [1.165, 1.54) is 6.42 Å². The number of hydrogen-bond acceptors (Lipinski definition) is 4. The Morgan fingerprint density at radius 3 is 1.78 bits per heavy atom. The van der Waals surface area contributed by atoms with E-state index in [1.807, 2.05) is 19.1 Å². The Morgan fingerprint density at radius 2 is 1.67 bits per heavy atom. The first-order valence-electron chi connectivity index (χ1n) is 2.68. The van der Waals surface area contributed by atoms with Crippen LogP contribution in [0.5, 0.6) is 0 Å². The van der Waals surface area contributed by atoms with Crippen molar-refractivity contribution in [2.75, 3.05) is 20.6 Å². The summed E-state index contributed by atoms with van der Waals surface area (Å²) < 4.78 is 0. The topological polar surface area (TPSA) is 85.3 Å². The summed E-state index contributed by atoms with van der Waals surface area (Å²) in [7, 11) is 3.99. The molecule has 0 aromatic rings. The van der Waals surface area contributed by atoms with Gasteiger partial charge in [-0.05, 0) is 6.42 Å². The van der Waals surface area contributed by atoms with E-state index in [-0.39, 0.29) is 12.3 Å². The van der Waals surface area contributed by atoms with Gasteiger partial charge < -0.3 is 12.3 Å². The molecule has 0 amide bonds. The van der Waals surface area contributed by atoms with E-state index < -0.39 is 0 Å². The van der Waals surface area contributed by atoms with E-state index in [4.69, 9.17) is 0 Å². The zero-order valence-corrected chi connectivity index (χ0v) is 6.78. The van der Waals surface area contributed by atoms with Gasteiger partial charge in [0.15, 0.2) is 0 Å². The largest absolute Gasteiger partial charge is 0.344 e. The molecule has 4 nitrogen and oxygen atoms in total. The van der Waals surface area contributed by atoms with Crippen molar-refractivity contribution in [3.63, 3.8) is 0 Å². The maximum atomic E-state index is 3.13. The Morgan fingerprint density at radius 1 is 1.22 bits per heavy atom. The second-order valence-corrected chi connectivity index (χ2v) is 1.80. The monoisotopic (exact) mass is 136 g/mol. The second kappa shape index (κ2) is 10.8. The van der Waals surface area contributed by atoms with E-state index in [1.54, 1.807) is 0 Å². The van der Waals surface area contributed by atoms with Crippen LogP contribution in [-0.4, -0.2) is 25.6 Å². The third-order valence-corrected chi connectivity index (χ3v) is 0.678. The first-order chi connectivity index (χ1) is 3.27. The molecule has 0 aromatic carbocycles. The normalized spacial score (nSPS) is 8.00. The molecule has 0 aromatic heterocycles. The van der Waals surface area contributed by atoms with Crippen molar-refractivity contribution < 1.29 is 0 Å². The molecular formula is C5H20N4. The van der Waals surface area contributed by atoms with E-state index in [9.17, 15) is 0 Å². The van der Waals surface area contributed by atoms with E-state index in [2.05, 4.69) is 12.3 Å². The van der Waals surface area contributed by atoms with Crippen LogP contribution in [0.4, 0.5) is 0 Å². The van der Waals surface area contributed by atoms with Crippen LogP contribution >= 0.6 is 0 Å². The van der Waals surface area contributed by atoms with Gasteiger partial charge in [-0.3, -0.25) is 10.4 Å². The van der Waals surface area contributed by atoms with Crippen molar-refractivity contribution in [2.24, 2.45) is 0 Å². The lowest BCUT2D eigenvalue weighted by molar-refractivity contribution is 0.291. The third-order valence-electron chi connectivity index (χ3n) is 0.678. The summed E-state index contributed by atoms with van der Waals surface area (Å²) in [6.45, 7) is 3.23. The highest BCUT2D eigenvalue weighted by Gasteiger charge is 1.80. The zero-order chi connectivity index (χ0) is 5.70. The standard InChI is InChI=1S/C5H14N2.2H3N/c1-4-5-6-7(2)3;;/h6H,4-5H2,1-3H3;2*1H3. The van der Waals surface area contributed by atoms with Crippen LogP contribution < -0.4 is 17.7 Å². The smallest absolute Gasteiger partial charge is 0.00993 e. The Kier molecular flexibility index (Phi) is 19.0. The SMILES string of the molecule is CCCNN(C)C.N.N. The van der Waals surface area contributed by atoms with Gasteiger partial charge in [0, 0.05) is 20.6 Å². The van der Waals surface area contributed by atoms with Gasteiger partial charge in [-0.15, -0.1) is 0 Å². The average Bonchev–Trinajstić information content (AvgIpc) is 1.61. The van der Waals surface area contributed by atoms with Crippen LogP contribution in [0, 0.1) is 0 Å². The van der Waals surface area contributed by atoms with Crippen molar-refractivity contribution in [2.45, 2.75) is 13.3 Å².